The maximum absolute atomic E-state index is 12.0. The third kappa shape index (κ3) is 4.20. The van der Waals surface area contributed by atoms with Crippen molar-refractivity contribution < 1.29 is 4.79 Å². The number of carbonyl (C=O) groups excluding carboxylic acids is 1. The van der Waals surface area contributed by atoms with E-state index in [1.54, 1.807) is 18.5 Å². The van der Waals surface area contributed by atoms with Crippen LogP contribution in [0, 0.1) is 0 Å². The van der Waals surface area contributed by atoms with Gasteiger partial charge in [0.2, 0.25) is 5.91 Å². The van der Waals surface area contributed by atoms with Gasteiger partial charge in [-0.3, -0.25) is 14.2 Å². The normalized spacial score (nSPS) is 13.8. The molecule has 0 unspecified atom stereocenters. The Morgan fingerprint density at radius 1 is 1.35 bits per heavy atom. The average Bonchev–Trinajstić information content (AvgIpc) is 3.36. The Morgan fingerprint density at radius 3 is 2.83 bits per heavy atom. The van der Waals surface area contributed by atoms with Crippen molar-refractivity contribution in [3.8, 4) is 0 Å². The lowest BCUT2D eigenvalue weighted by molar-refractivity contribution is -0.120. The summed E-state index contributed by atoms with van der Waals surface area (Å²) in [4.78, 5) is 28.2. The first-order chi connectivity index (χ1) is 11.1. The van der Waals surface area contributed by atoms with Crippen LogP contribution in [-0.4, -0.2) is 22.0 Å². The Balaban J connectivity index is 1.50. The van der Waals surface area contributed by atoms with Gasteiger partial charge in [0.15, 0.2) is 0 Å². The van der Waals surface area contributed by atoms with Gasteiger partial charge in [-0.05, 0) is 24.5 Å². The van der Waals surface area contributed by atoms with E-state index in [1.807, 2.05) is 18.2 Å². The van der Waals surface area contributed by atoms with E-state index in [4.69, 9.17) is 11.6 Å². The lowest BCUT2D eigenvalue weighted by Gasteiger charge is -2.08. The van der Waals surface area contributed by atoms with Crippen molar-refractivity contribution in [2.24, 2.45) is 0 Å². The standard InChI is InChI=1S/C17H18ClN3O2/c18-14-4-2-1-3-13(14)9-16(22)19-7-8-21-11-20-15(10-17(21)23)12-5-6-12/h1-4,10-12H,5-9H2,(H,19,22). The molecule has 1 aromatic carbocycles. The van der Waals surface area contributed by atoms with Gasteiger partial charge >= 0.3 is 0 Å². The van der Waals surface area contributed by atoms with Crippen LogP contribution in [0.1, 0.15) is 30.0 Å². The zero-order valence-corrected chi connectivity index (χ0v) is 13.4. The molecule has 1 aromatic heterocycles. The number of hydrogen-bond donors (Lipinski definition) is 1. The Morgan fingerprint density at radius 2 is 2.13 bits per heavy atom. The SMILES string of the molecule is O=C(Cc1ccccc1Cl)NCCn1cnc(C2CC2)cc1=O. The molecule has 0 saturated heterocycles. The van der Waals surface area contributed by atoms with Crippen LogP contribution < -0.4 is 10.9 Å². The molecule has 1 heterocycles. The molecule has 1 N–H and O–H groups in total. The van der Waals surface area contributed by atoms with E-state index in [-0.39, 0.29) is 17.9 Å². The molecule has 0 spiro atoms. The number of aromatic nitrogens is 2. The van der Waals surface area contributed by atoms with Gasteiger partial charge < -0.3 is 5.32 Å². The van der Waals surface area contributed by atoms with E-state index in [9.17, 15) is 9.59 Å². The molecule has 120 valence electrons. The molecule has 1 aliphatic carbocycles. The van der Waals surface area contributed by atoms with Crippen molar-refractivity contribution in [3.63, 3.8) is 0 Å². The highest BCUT2D eigenvalue weighted by Crippen LogP contribution is 2.38. The maximum atomic E-state index is 12.0. The van der Waals surface area contributed by atoms with Crippen LogP contribution in [0.2, 0.25) is 5.02 Å². The minimum absolute atomic E-state index is 0.0674. The summed E-state index contributed by atoms with van der Waals surface area (Å²) >= 11 is 6.03. The predicted octanol–water partition coefficient (Wildman–Crippen LogP) is 2.13. The van der Waals surface area contributed by atoms with Gasteiger partial charge in [0.25, 0.3) is 5.56 Å². The molecule has 0 bridgehead atoms. The molecule has 0 aliphatic heterocycles. The Bertz CT molecular complexity index is 768. The van der Waals surface area contributed by atoms with Gasteiger partial charge in [-0.25, -0.2) is 4.98 Å². The molecule has 1 fully saturated rings. The zero-order chi connectivity index (χ0) is 16.2. The first kappa shape index (κ1) is 15.7. The Kier molecular flexibility index (Phi) is 4.76. The fourth-order valence-corrected chi connectivity index (χ4v) is 2.61. The quantitative estimate of drug-likeness (QED) is 0.882. The number of carbonyl (C=O) groups is 1. The second-order valence-corrected chi connectivity index (χ2v) is 6.15. The predicted molar refractivity (Wildman–Crippen MR) is 88.6 cm³/mol. The number of hydrogen-bond acceptors (Lipinski definition) is 3. The summed E-state index contributed by atoms with van der Waals surface area (Å²) in [6, 6.07) is 8.86. The van der Waals surface area contributed by atoms with Crippen molar-refractivity contribution >= 4 is 17.5 Å². The maximum Gasteiger partial charge on any atom is 0.253 e. The molecular weight excluding hydrogens is 314 g/mol. The van der Waals surface area contributed by atoms with Crippen molar-refractivity contribution in [2.75, 3.05) is 6.54 Å². The topological polar surface area (TPSA) is 64.0 Å². The number of rotatable bonds is 6. The molecule has 0 radical (unpaired) electrons. The highest BCUT2D eigenvalue weighted by Gasteiger charge is 2.25. The molecule has 6 heteroatoms. The van der Waals surface area contributed by atoms with Crippen LogP contribution in [-0.2, 0) is 17.8 Å². The van der Waals surface area contributed by atoms with Crippen molar-refractivity contribution in [2.45, 2.75) is 31.7 Å². The van der Waals surface area contributed by atoms with Gasteiger partial charge in [0.1, 0.15) is 0 Å². The van der Waals surface area contributed by atoms with Crippen molar-refractivity contribution in [1.29, 1.82) is 0 Å². The summed E-state index contributed by atoms with van der Waals surface area (Å²) in [5, 5.41) is 3.38. The molecule has 3 rings (SSSR count). The molecule has 1 aliphatic rings. The number of amides is 1. The molecule has 2 aromatic rings. The van der Waals surface area contributed by atoms with E-state index in [0.717, 1.165) is 24.1 Å². The third-order valence-corrected chi connectivity index (χ3v) is 4.25. The van der Waals surface area contributed by atoms with Crippen molar-refractivity contribution in [1.82, 2.24) is 14.9 Å². The van der Waals surface area contributed by atoms with Crippen molar-refractivity contribution in [3.05, 3.63) is 63.3 Å². The smallest absolute Gasteiger partial charge is 0.253 e. The summed E-state index contributed by atoms with van der Waals surface area (Å²) in [5.74, 6) is 0.349. The lowest BCUT2D eigenvalue weighted by atomic mass is 10.1. The average molecular weight is 332 g/mol. The van der Waals surface area contributed by atoms with E-state index < -0.39 is 0 Å². The van der Waals surface area contributed by atoms with Crippen LogP contribution >= 0.6 is 11.6 Å². The summed E-state index contributed by atoms with van der Waals surface area (Å²) in [6.07, 6.45) is 4.03. The highest BCUT2D eigenvalue weighted by atomic mass is 35.5. The van der Waals surface area contributed by atoms with E-state index in [2.05, 4.69) is 10.3 Å². The van der Waals surface area contributed by atoms with Gasteiger partial charge in [-0.15, -0.1) is 0 Å². The van der Waals surface area contributed by atoms with Gasteiger partial charge in [-0.2, -0.15) is 0 Å². The second-order valence-electron chi connectivity index (χ2n) is 5.74. The van der Waals surface area contributed by atoms with Crippen LogP contribution in [0.3, 0.4) is 0 Å². The number of halogens is 1. The minimum atomic E-state index is -0.117. The molecule has 1 saturated carbocycles. The monoisotopic (exact) mass is 331 g/mol. The number of nitrogens with zero attached hydrogens (tertiary/aromatic N) is 2. The van der Waals surface area contributed by atoms with Gasteiger partial charge in [0, 0.05) is 30.1 Å². The van der Waals surface area contributed by atoms with Crippen LogP contribution in [0.25, 0.3) is 0 Å². The fraction of sp³-hybridized carbons (Fsp3) is 0.353. The number of benzene rings is 1. The van der Waals surface area contributed by atoms with Crippen LogP contribution in [0.5, 0.6) is 0 Å². The molecule has 0 atom stereocenters. The fourth-order valence-electron chi connectivity index (χ4n) is 2.40. The highest BCUT2D eigenvalue weighted by molar-refractivity contribution is 6.31. The van der Waals surface area contributed by atoms with E-state index in [0.29, 0.717) is 24.0 Å². The van der Waals surface area contributed by atoms with Gasteiger partial charge in [-0.1, -0.05) is 29.8 Å². The van der Waals surface area contributed by atoms with E-state index in [1.165, 1.54) is 4.57 Å². The lowest BCUT2D eigenvalue weighted by Crippen LogP contribution is -2.31. The second kappa shape index (κ2) is 6.96. The molecule has 1 amide bonds. The summed E-state index contributed by atoms with van der Waals surface area (Å²) in [6.45, 7) is 0.790. The van der Waals surface area contributed by atoms with Crippen LogP contribution in [0.15, 0.2) is 41.5 Å². The van der Waals surface area contributed by atoms with E-state index >= 15 is 0 Å². The molecule has 23 heavy (non-hydrogen) atoms. The molecule has 5 nitrogen and oxygen atoms in total. The summed E-state index contributed by atoms with van der Waals surface area (Å²) in [5.41, 5.74) is 1.61. The number of nitrogens with one attached hydrogen (secondary N) is 1. The minimum Gasteiger partial charge on any atom is -0.354 e. The first-order valence-electron chi connectivity index (χ1n) is 7.70. The summed E-state index contributed by atoms with van der Waals surface area (Å²) < 4.78 is 1.52. The van der Waals surface area contributed by atoms with Crippen LogP contribution in [0.4, 0.5) is 0 Å². The Labute approximate surface area is 139 Å². The third-order valence-electron chi connectivity index (χ3n) is 3.88. The largest absolute Gasteiger partial charge is 0.354 e. The summed E-state index contributed by atoms with van der Waals surface area (Å²) in [7, 11) is 0. The zero-order valence-electron chi connectivity index (χ0n) is 12.7. The Hall–Kier alpha value is -2.14. The molecular formula is C17H18ClN3O2. The first-order valence-corrected chi connectivity index (χ1v) is 8.08. The van der Waals surface area contributed by atoms with Gasteiger partial charge in [0.05, 0.1) is 18.4 Å².